The molecule has 0 saturated carbocycles. The number of nitrogens with one attached hydrogen (secondary N) is 3. The minimum atomic E-state index is -0.479. The van der Waals surface area contributed by atoms with Crippen LogP contribution in [-0.2, 0) is 0 Å². The van der Waals surface area contributed by atoms with Gasteiger partial charge < -0.3 is 15.6 Å². The number of rotatable bonds is 8. The van der Waals surface area contributed by atoms with E-state index in [9.17, 15) is 10.1 Å². The van der Waals surface area contributed by atoms with Crippen LogP contribution in [0.25, 0.3) is 22.5 Å². The van der Waals surface area contributed by atoms with Crippen LogP contribution in [0.5, 0.6) is 0 Å². The predicted molar refractivity (Wildman–Crippen MR) is 113 cm³/mol. The molecule has 1 aromatic carbocycles. The number of benzene rings is 1. The quantitative estimate of drug-likeness (QED) is 0.232. The zero-order valence-corrected chi connectivity index (χ0v) is 15.8. The van der Waals surface area contributed by atoms with Gasteiger partial charge in [0.2, 0.25) is 5.95 Å². The summed E-state index contributed by atoms with van der Waals surface area (Å²) in [6.45, 7) is 1.09. The number of imidazole rings is 1. The van der Waals surface area contributed by atoms with E-state index in [-0.39, 0.29) is 5.69 Å². The van der Waals surface area contributed by atoms with Gasteiger partial charge in [-0.15, -0.1) is 0 Å². The van der Waals surface area contributed by atoms with Crippen molar-refractivity contribution in [1.29, 1.82) is 0 Å². The Labute approximate surface area is 171 Å². The van der Waals surface area contributed by atoms with E-state index in [2.05, 4.69) is 35.6 Å². The largest absolute Gasteiger partial charge is 0.368 e. The lowest BCUT2D eigenvalue weighted by Gasteiger charge is -2.10. The summed E-state index contributed by atoms with van der Waals surface area (Å²) in [4.78, 5) is 30.4. The average Bonchev–Trinajstić information content (AvgIpc) is 3.32. The molecule has 4 aromatic rings. The first-order chi connectivity index (χ1) is 14.7. The lowest BCUT2D eigenvalue weighted by molar-refractivity contribution is -0.385. The summed E-state index contributed by atoms with van der Waals surface area (Å²) < 4.78 is 0. The number of anilines is 2. The third kappa shape index (κ3) is 4.38. The van der Waals surface area contributed by atoms with E-state index in [0.717, 1.165) is 22.5 Å². The minimum Gasteiger partial charge on any atom is -0.368 e. The van der Waals surface area contributed by atoms with Crippen molar-refractivity contribution in [2.45, 2.75) is 0 Å². The first-order valence-corrected chi connectivity index (χ1v) is 9.20. The summed E-state index contributed by atoms with van der Waals surface area (Å²) in [5.74, 6) is 1.06. The van der Waals surface area contributed by atoms with Crippen LogP contribution in [0.15, 0.2) is 67.4 Å². The zero-order chi connectivity index (χ0) is 20.8. The van der Waals surface area contributed by atoms with E-state index in [1.807, 2.05) is 36.5 Å². The molecule has 0 unspecified atom stereocenters. The number of aromatic amines is 1. The summed E-state index contributed by atoms with van der Waals surface area (Å²) in [6, 6.07) is 12.8. The van der Waals surface area contributed by atoms with Crippen LogP contribution in [0, 0.1) is 10.1 Å². The molecule has 3 aromatic heterocycles. The normalized spacial score (nSPS) is 10.5. The minimum absolute atomic E-state index is 0.0426. The van der Waals surface area contributed by atoms with Crippen LogP contribution in [0.2, 0.25) is 0 Å². The van der Waals surface area contributed by atoms with Crippen molar-refractivity contribution in [3.05, 3.63) is 77.5 Å². The third-order valence-corrected chi connectivity index (χ3v) is 4.31. The number of hydrogen-bond acceptors (Lipinski definition) is 8. The summed E-state index contributed by atoms with van der Waals surface area (Å²) in [5.41, 5.74) is 3.53. The number of pyridine rings is 1. The molecule has 30 heavy (non-hydrogen) atoms. The number of nitrogens with zero attached hydrogens (tertiary/aromatic N) is 5. The number of nitro groups is 1. The van der Waals surface area contributed by atoms with Gasteiger partial charge in [0.05, 0.1) is 22.6 Å². The summed E-state index contributed by atoms with van der Waals surface area (Å²) in [5, 5.41) is 16.9. The Morgan fingerprint density at radius 1 is 0.933 bits per heavy atom. The first-order valence-electron chi connectivity index (χ1n) is 9.20. The van der Waals surface area contributed by atoms with Crippen molar-refractivity contribution >= 4 is 17.5 Å². The molecule has 0 aliphatic heterocycles. The molecule has 10 nitrogen and oxygen atoms in total. The molecule has 0 spiro atoms. The van der Waals surface area contributed by atoms with Gasteiger partial charge in [0.15, 0.2) is 0 Å². The highest BCUT2D eigenvalue weighted by atomic mass is 16.6. The number of aromatic nitrogens is 5. The fourth-order valence-electron chi connectivity index (χ4n) is 2.89. The van der Waals surface area contributed by atoms with Crippen LogP contribution < -0.4 is 10.6 Å². The summed E-state index contributed by atoms with van der Waals surface area (Å²) >= 11 is 0. The van der Waals surface area contributed by atoms with Gasteiger partial charge in [0, 0.05) is 42.7 Å². The van der Waals surface area contributed by atoms with Crippen molar-refractivity contribution in [3.8, 4) is 22.5 Å². The van der Waals surface area contributed by atoms with Gasteiger partial charge in [0.1, 0.15) is 12.0 Å². The third-order valence-electron chi connectivity index (χ3n) is 4.31. The monoisotopic (exact) mass is 402 g/mol. The van der Waals surface area contributed by atoms with Gasteiger partial charge >= 0.3 is 0 Å². The maximum atomic E-state index is 10.7. The SMILES string of the molecule is O=[N+]([O-])c1ccc(NCCNc2nccc(-c3ccccc3-c3c[nH]cn3)n2)nc1. The number of hydrogen-bond donors (Lipinski definition) is 3. The fourth-order valence-corrected chi connectivity index (χ4v) is 2.89. The molecule has 0 aliphatic rings. The topological polar surface area (TPSA) is 135 Å². The summed E-state index contributed by atoms with van der Waals surface area (Å²) in [7, 11) is 0. The molecular formula is C20H18N8O2. The Balaban J connectivity index is 1.39. The van der Waals surface area contributed by atoms with E-state index in [1.54, 1.807) is 18.6 Å². The molecule has 150 valence electrons. The van der Waals surface area contributed by atoms with Crippen LogP contribution in [0.1, 0.15) is 0 Å². The van der Waals surface area contributed by atoms with Crippen molar-refractivity contribution in [2.75, 3.05) is 23.7 Å². The molecule has 3 heterocycles. The van der Waals surface area contributed by atoms with E-state index >= 15 is 0 Å². The lowest BCUT2D eigenvalue weighted by atomic mass is 10.0. The van der Waals surface area contributed by atoms with Gasteiger partial charge in [0.25, 0.3) is 5.69 Å². The second-order valence-electron chi connectivity index (χ2n) is 6.28. The standard InChI is InChI=1S/C20H18N8O2/c29-28(30)14-5-6-19(25-11-14)22-9-10-24-20-23-8-7-17(27-20)15-3-1-2-4-16(15)18-12-21-13-26-18/h1-8,11-13H,9-10H2,(H,21,26)(H,22,25)(H,23,24,27). The van der Waals surface area contributed by atoms with Crippen molar-refractivity contribution in [1.82, 2.24) is 24.9 Å². The van der Waals surface area contributed by atoms with E-state index < -0.39 is 4.92 Å². The first kappa shape index (κ1) is 19.0. The summed E-state index contributed by atoms with van der Waals surface area (Å²) in [6.07, 6.45) is 6.42. The Morgan fingerprint density at radius 2 is 1.73 bits per heavy atom. The van der Waals surface area contributed by atoms with Gasteiger partial charge in [-0.1, -0.05) is 24.3 Å². The molecule has 3 N–H and O–H groups in total. The molecule has 10 heteroatoms. The van der Waals surface area contributed by atoms with Crippen molar-refractivity contribution in [2.24, 2.45) is 0 Å². The second kappa shape index (κ2) is 8.78. The van der Waals surface area contributed by atoms with Crippen LogP contribution >= 0.6 is 0 Å². The Bertz CT molecular complexity index is 1130. The maximum Gasteiger partial charge on any atom is 0.287 e. The molecule has 0 aliphatic carbocycles. The highest BCUT2D eigenvalue weighted by molar-refractivity contribution is 5.80. The fraction of sp³-hybridized carbons (Fsp3) is 0.100. The second-order valence-corrected chi connectivity index (χ2v) is 6.28. The molecule has 0 bridgehead atoms. The van der Waals surface area contributed by atoms with Crippen molar-refractivity contribution < 1.29 is 4.92 Å². The highest BCUT2D eigenvalue weighted by Gasteiger charge is 2.10. The van der Waals surface area contributed by atoms with Gasteiger partial charge in [-0.05, 0) is 12.1 Å². The molecule has 0 saturated heterocycles. The average molecular weight is 402 g/mol. The molecular weight excluding hydrogens is 384 g/mol. The maximum absolute atomic E-state index is 10.7. The van der Waals surface area contributed by atoms with Gasteiger partial charge in [-0.3, -0.25) is 10.1 Å². The molecule has 0 fully saturated rings. The smallest absolute Gasteiger partial charge is 0.287 e. The van der Waals surface area contributed by atoms with Crippen molar-refractivity contribution in [3.63, 3.8) is 0 Å². The van der Waals surface area contributed by atoms with Crippen LogP contribution in [-0.4, -0.2) is 42.9 Å². The molecule has 0 radical (unpaired) electrons. The van der Waals surface area contributed by atoms with Crippen LogP contribution in [0.4, 0.5) is 17.5 Å². The van der Waals surface area contributed by atoms with E-state index in [1.165, 1.54) is 12.3 Å². The number of H-pyrrole nitrogens is 1. The molecule has 0 amide bonds. The highest BCUT2D eigenvalue weighted by Crippen LogP contribution is 2.29. The lowest BCUT2D eigenvalue weighted by Crippen LogP contribution is -2.15. The Morgan fingerprint density at radius 3 is 2.43 bits per heavy atom. The van der Waals surface area contributed by atoms with E-state index in [0.29, 0.717) is 24.9 Å². The van der Waals surface area contributed by atoms with Gasteiger partial charge in [-0.25, -0.2) is 19.9 Å². The Hall–Kier alpha value is -4.34. The van der Waals surface area contributed by atoms with E-state index in [4.69, 9.17) is 0 Å². The zero-order valence-electron chi connectivity index (χ0n) is 15.8. The Kier molecular flexibility index (Phi) is 5.56. The van der Waals surface area contributed by atoms with Crippen LogP contribution in [0.3, 0.4) is 0 Å². The molecule has 4 rings (SSSR count). The predicted octanol–water partition coefficient (Wildman–Crippen LogP) is 3.36. The molecule has 0 atom stereocenters. The van der Waals surface area contributed by atoms with Gasteiger partial charge in [-0.2, -0.15) is 0 Å².